The van der Waals surface area contributed by atoms with Crippen molar-refractivity contribution in [2.24, 2.45) is 0 Å². The SMILES string of the molecule is Nc1ccc(S[C@@H]2O[C@@H](CO)[C@H](O)[C@@H](O)[C@H]2O)cc1. The lowest BCUT2D eigenvalue weighted by Crippen LogP contribution is -2.57. The van der Waals surface area contributed by atoms with E-state index in [0.717, 1.165) is 4.90 Å². The Morgan fingerprint density at radius 3 is 2.26 bits per heavy atom. The maximum absolute atomic E-state index is 9.87. The molecule has 0 spiro atoms. The van der Waals surface area contributed by atoms with Gasteiger partial charge in [-0.25, -0.2) is 0 Å². The number of thioether (sulfide) groups is 1. The van der Waals surface area contributed by atoms with Gasteiger partial charge in [0.2, 0.25) is 0 Å². The Kier molecular flexibility index (Phi) is 4.67. The summed E-state index contributed by atoms with van der Waals surface area (Å²) in [4.78, 5) is 0.804. The maximum atomic E-state index is 9.87. The molecule has 19 heavy (non-hydrogen) atoms. The Morgan fingerprint density at radius 1 is 1.05 bits per heavy atom. The highest BCUT2D eigenvalue weighted by Crippen LogP contribution is 2.33. The van der Waals surface area contributed by atoms with Crippen molar-refractivity contribution in [1.29, 1.82) is 0 Å². The molecular formula is C12H17NO5S. The second-order valence-electron chi connectivity index (χ2n) is 4.38. The molecule has 0 radical (unpaired) electrons. The Balaban J connectivity index is 2.08. The molecule has 1 aromatic carbocycles. The van der Waals surface area contributed by atoms with E-state index in [9.17, 15) is 15.3 Å². The van der Waals surface area contributed by atoms with E-state index in [0.29, 0.717) is 5.69 Å². The lowest BCUT2D eigenvalue weighted by Gasteiger charge is -2.39. The summed E-state index contributed by atoms with van der Waals surface area (Å²) in [6, 6.07) is 6.96. The summed E-state index contributed by atoms with van der Waals surface area (Å²) in [6.07, 6.45) is -4.80. The van der Waals surface area contributed by atoms with Crippen LogP contribution in [0.25, 0.3) is 0 Å². The van der Waals surface area contributed by atoms with E-state index in [1.54, 1.807) is 24.3 Å². The largest absolute Gasteiger partial charge is 0.399 e. The number of hydrogen-bond acceptors (Lipinski definition) is 7. The van der Waals surface area contributed by atoms with Crippen molar-refractivity contribution < 1.29 is 25.2 Å². The van der Waals surface area contributed by atoms with E-state index in [-0.39, 0.29) is 0 Å². The first-order chi connectivity index (χ1) is 9.02. The van der Waals surface area contributed by atoms with Gasteiger partial charge in [-0.15, -0.1) is 0 Å². The van der Waals surface area contributed by atoms with Gasteiger partial charge in [0.25, 0.3) is 0 Å². The summed E-state index contributed by atoms with van der Waals surface area (Å²) in [5.41, 5.74) is 5.43. The number of nitrogen functional groups attached to an aromatic ring is 1. The molecule has 6 nitrogen and oxygen atoms in total. The average molecular weight is 287 g/mol. The van der Waals surface area contributed by atoms with E-state index in [2.05, 4.69) is 0 Å². The van der Waals surface area contributed by atoms with Crippen LogP contribution in [0.15, 0.2) is 29.2 Å². The number of aliphatic hydroxyl groups excluding tert-OH is 4. The van der Waals surface area contributed by atoms with Crippen LogP contribution in [0, 0.1) is 0 Å². The molecule has 0 aromatic heterocycles. The van der Waals surface area contributed by atoms with Crippen LogP contribution >= 0.6 is 11.8 Å². The highest BCUT2D eigenvalue weighted by atomic mass is 32.2. The number of aliphatic hydroxyl groups is 4. The van der Waals surface area contributed by atoms with Crippen LogP contribution in [0.4, 0.5) is 5.69 Å². The minimum absolute atomic E-state index is 0.427. The predicted octanol–water partition coefficient (Wildman–Crippen LogP) is -0.839. The average Bonchev–Trinajstić information content (AvgIpc) is 2.42. The number of anilines is 1. The van der Waals surface area contributed by atoms with E-state index >= 15 is 0 Å². The van der Waals surface area contributed by atoms with Gasteiger partial charge in [0.05, 0.1) is 6.61 Å². The van der Waals surface area contributed by atoms with E-state index in [1.807, 2.05) is 0 Å². The van der Waals surface area contributed by atoms with Crippen molar-refractivity contribution in [3.8, 4) is 0 Å². The van der Waals surface area contributed by atoms with Gasteiger partial charge in [0.1, 0.15) is 29.9 Å². The number of ether oxygens (including phenoxy) is 1. The smallest absolute Gasteiger partial charge is 0.136 e. The third-order valence-electron chi connectivity index (χ3n) is 2.98. The van der Waals surface area contributed by atoms with Gasteiger partial charge in [-0.05, 0) is 24.3 Å². The van der Waals surface area contributed by atoms with Crippen LogP contribution in [-0.2, 0) is 4.74 Å². The zero-order chi connectivity index (χ0) is 14.0. The van der Waals surface area contributed by atoms with Crippen molar-refractivity contribution in [3.63, 3.8) is 0 Å². The van der Waals surface area contributed by atoms with Crippen LogP contribution in [-0.4, -0.2) is 56.9 Å². The van der Waals surface area contributed by atoms with Crippen molar-refractivity contribution in [3.05, 3.63) is 24.3 Å². The topological polar surface area (TPSA) is 116 Å². The molecule has 0 unspecified atom stereocenters. The van der Waals surface area contributed by atoms with Gasteiger partial charge in [-0.3, -0.25) is 0 Å². The molecule has 1 aliphatic heterocycles. The lowest BCUT2D eigenvalue weighted by atomic mass is 10.0. The van der Waals surface area contributed by atoms with Crippen LogP contribution in [0.1, 0.15) is 0 Å². The Hall–Kier alpha value is -0.830. The summed E-state index contributed by atoms with van der Waals surface area (Å²) in [5, 5.41) is 38.3. The first-order valence-electron chi connectivity index (χ1n) is 5.85. The molecule has 0 amide bonds. The minimum atomic E-state index is -1.35. The van der Waals surface area contributed by atoms with Gasteiger partial charge in [0.15, 0.2) is 0 Å². The van der Waals surface area contributed by atoms with Crippen LogP contribution in [0.3, 0.4) is 0 Å². The Bertz CT molecular complexity index is 413. The van der Waals surface area contributed by atoms with Crippen LogP contribution in [0.2, 0.25) is 0 Å². The monoisotopic (exact) mass is 287 g/mol. The molecule has 0 aliphatic carbocycles. The molecule has 106 valence electrons. The fraction of sp³-hybridized carbons (Fsp3) is 0.500. The quantitative estimate of drug-likeness (QED) is 0.460. The normalized spacial score (nSPS) is 35.3. The lowest BCUT2D eigenvalue weighted by molar-refractivity contribution is -0.205. The van der Waals surface area contributed by atoms with Gasteiger partial charge < -0.3 is 30.9 Å². The number of hydrogen-bond donors (Lipinski definition) is 5. The predicted molar refractivity (Wildman–Crippen MR) is 70.5 cm³/mol. The van der Waals surface area contributed by atoms with Crippen LogP contribution in [0.5, 0.6) is 0 Å². The molecule has 7 heteroatoms. The van der Waals surface area contributed by atoms with Crippen molar-refractivity contribution in [2.45, 2.75) is 34.7 Å². The molecule has 1 saturated heterocycles. The zero-order valence-electron chi connectivity index (χ0n) is 10.1. The molecule has 6 N–H and O–H groups in total. The maximum Gasteiger partial charge on any atom is 0.136 e. The highest BCUT2D eigenvalue weighted by Gasteiger charge is 2.43. The molecule has 0 saturated carbocycles. The highest BCUT2D eigenvalue weighted by molar-refractivity contribution is 7.99. The van der Waals surface area contributed by atoms with Gasteiger partial charge in [0, 0.05) is 10.6 Å². The summed E-state index contributed by atoms with van der Waals surface area (Å²) < 4.78 is 5.39. The summed E-state index contributed by atoms with van der Waals surface area (Å²) in [7, 11) is 0. The minimum Gasteiger partial charge on any atom is -0.399 e. The van der Waals surface area contributed by atoms with E-state index in [4.69, 9.17) is 15.6 Å². The summed E-state index contributed by atoms with van der Waals surface area (Å²) in [5.74, 6) is 0. The van der Waals surface area contributed by atoms with Gasteiger partial charge in [-0.2, -0.15) is 0 Å². The fourth-order valence-electron chi connectivity index (χ4n) is 1.85. The zero-order valence-corrected chi connectivity index (χ0v) is 10.9. The third kappa shape index (κ3) is 3.19. The molecule has 1 heterocycles. The Labute approximate surface area is 114 Å². The second-order valence-corrected chi connectivity index (χ2v) is 5.56. The summed E-state index contributed by atoms with van der Waals surface area (Å²) >= 11 is 1.20. The molecule has 0 bridgehead atoms. The molecule has 1 fully saturated rings. The van der Waals surface area contributed by atoms with E-state index < -0.39 is 36.5 Å². The molecule has 1 aliphatic rings. The first kappa shape index (κ1) is 14.6. The van der Waals surface area contributed by atoms with Crippen LogP contribution < -0.4 is 5.73 Å². The standard InChI is InChI=1S/C12H17NO5S/c13-6-1-3-7(4-2-6)19-12-11(17)10(16)9(15)8(5-14)18-12/h1-4,8-12,14-17H,5,13H2/t8-,9-,10+,11+,12-/m0/s1. The van der Waals surface area contributed by atoms with Crippen molar-refractivity contribution in [1.82, 2.24) is 0 Å². The fourth-order valence-corrected chi connectivity index (χ4v) is 2.91. The molecular weight excluding hydrogens is 270 g/mol. The number of nitrogens with two attached hydrogens (primary N) is 1. The van der Waals surface area contributed by atoms with Crippen molar-refractivity contribution >= 4 is 17.4 Å². The van der Waals surface area contributed by atoms with Gasteiger partial charge >= 0.3 is 0 Å². The van der Waals surface area contributed by atoms with E-state index in [1.165, 1.54) is 11.8 Å². The molecule has 2 rings (SSSR count). The Morgan fingerprint density at radius 2 is 1.68 bits per heavy atom. The third-order valence-corrected chi connectivity index (χ3v) is 4.15. The second kappa shape index (κ2) is 6.08. The number of benzene rings is 1. The summed E-state index contributed by atoms with van der Waals surface area (Å²) in [6.45, 7) is -0.427. The first-order valence-corrected chi connectivity index (χ1v) is 6.73. The number of rotatable bonds is 3. The molecule has 5 atom stereocenters. The van der Waals surface area contributed by atoms with Gasteiger partial charge in [-0.1, -0.05) is 11.8 Å². The van der Waals surface area contributed by atoms with Crippen molar-refractivity contribution in [2.75, 3.05) is 12.3 Å². The molecule has 1 aromatic rings.